The first-order valence-corrected chi connectivity index (χ1v) is 7.75. The molecule has 0 unspecified atom stereocenters. The van der Waals surface area contributed by atoms with Gasteiger partial charge in [-0.25, -0.2) is 4.79 Å². The van der Waals surface area contributed by atoms with E-state index in [0.29, 0.717) is 5.56 Å². The van der Waals surface area contributed by atoms with Crippen LogP contribution in [0.3, 0.4) is 0 Å². The Morgan fingerprint density at radius 1 is 0.818 bits per heavy atom. The van der Waals surface area contributed by atoms with Crippen molar-refractivity contribution >= 4 is 11.7 Å². The highest BCUT2D eigenvalue weighted by Crippen LogP contribution is 2.20. The molecule has 0 bridgehead atoms. The number of carbonyl (C=O) groups is 1. The zero-order chi connectivity index (χ0) is 15.2. The summed E-state index contributed by atoms with van der Waals surface area (Å²) in [6.07, 6.45) is 5.42. The van der Waals surface area contributed by atoms with Gasteiger partial charge in [-0.3, -0.25) is 0 Å². The number of carbonyl (C=O) groups excluding carboxylic acids is 1. The molecule has 2 aromatic rings. The highest BCUT2D eigenvalue weighted by Gasteiger charge is 2.11. The van der Waals surface area contributed by atoms with E-state index in [2.05, 4.69) is 5.16 Å². The molecule has 0 radical (unpaired) electrons. The molecule has 112 valence electrons. The second kappa shape index (κ2) is 7.03. The van der Waals surface area contributed by atoms with Gasteiger partial charge in [-0.2, -0.15) is 0 Å². The van der Waals surface area contributed by atoms with Crippen LogP contribution in [0, 0.1) is 0 Å². The quantitative estimate of drug-likeness (QED) is 0.600. The van der Waals surface area contributed by atoms with Crippen molar-refractivity contribution in [1.82, 2.24) is 0 Å². The maximum atomic E-state index is 12.0. The molecule has 3 rings (SSSR count). The summed E-state index contributed by atoms with van der Waals surface area (Å²) in [7, 11) is 0. The molecule has 0 heterocycles. The van der Waals surface area contributed by atoms with Gasteiger partial charge >= 0.3 is 5.97 Å². The summed E-state index contributed by atoms with van der Waals surface area (Å²) in [5, 5.41) is 4.01. The third-order valence-corrected chi connectivity index (χ3v) is 3.92. The Balaban J connectivity index is 1.66. The van der Waals surface area contributed by atoms with Crippen molar-refractivity contribution in [3.63, 3.8) is 0 Å². The summed E-state index contributed by atoms with van der Waals surface area (Å²) < 4.78 is 0. The minimum Gasteiger partial charge on any atom is -0.313 e. The molecule has 0 aromatic heterocycles. The number of benzene rings is 2. The lowest BCUT2D eigenvalue weighted by molar-refractivity contribution is 0.0513. The molecule has 0 aliphatic heterocycles. The number of nitrogens with zero attached hydrogens (tertiary/aromatic N) is 1. The predicted molar refractivity (Wildman–Crippen MR) is 87.8 cm³/mol. The standard InChI is InChI=1S/C19H19NO2/c21-19(22-20-18-9-5-2-6-10-18)17-13-11-16(12-14-17)15-7-3-1-4-8-15/h1,3-4,7-8,11-14H,2,5-6,9-10H2. The molecule has 0 atom stereocenters. The van der Waals surface area contributed by atoms with Crippen LogP contribution < -0.4 is 0 Å². The van der Waals surface area contributed by atoms with Crippen molar-refractivity contribution < 1.29 is 9.63 Å². The summed E-state index contributed by atoms with van der Waals surface area (Å²) in [6.45, 7) is 0. The highest BCUT2D eigenvalue weighted by molar-refractivity contribution is 5.91. The lowest BCUT2D eigenvalue weighted by Crippen LogP contribution is -2.08. The number of rotatable bonds is 3. The van der Waals surface area contributed by atoms with E-state index in [-0.39, 0.29) is 0 Å². The normalized spacial score (nSPS) is 14.5. The molecular formula is C19H19NO2. The average Bonchev–Trinajstić information content (AvgIpc) is 2.61. The molecule has 0 amide bonds. The molecule has 1 aliphatic rings. The van der Waals surface area contributed by atoms with E-state index in [1.807, 2.05) is 42.5 Å². The highest BCUT2D eigenvalue weighted by atomic mass is 16.7. The SMILES string of the molecule is O=C(ON=C1CCCCC1)c1ccc(-c2ccccc2)cc1. The number of hydrogen-bond donors (Lipinski definition) is 0. The molecule has 22 heavy (non-hydrogen) atoms. The fraction of sp³-hybridized carbons (Fsp3) is 0.263. The molecule has 0 saturated heterocycles. The minimum absolute atomic E-state index is 0.391. The Morgan fingerprint density at radius 2 is 1.45 bits per heavy atom. The van der Waals surface area contributed by atoms with Crippen LogP contribution in [0.15, 0.2) is 59.8 Å². The van der Waals surface area contributed by atoms with E-state index in [1.54, 1.807) is 12.1 Å². The van der Waals surface area contributed by atoms with E-state index in [4.69, 9.17) is 4.84 Å². The third kappa shape index (κ3) is 3.61. The van der Waals surface area contributed by atoms with Crippen LogP contribution in [0.1, 0.15) is 42.5 Å². The maximum absolute atomic E-state index is 12.0. The Bertz CT molecular complexity index is 652. The Hall–Kier alpha value is -2.42. The van der Waals surface area contributed by atoms with Crippen LogP contribution in [-0.4, -0.2) is 11.7 Å². The monoisotopic (exact) mass is 293 g/mol. The summed E-state index contributed by atoms with van der Waals surface area (Å²) in [6, 6.07) is 17.5. The van der Waals surface area contributed by atoms with Gasteiger partial charge < -0.3 is 4.84 Å². The number of hydrogen-bond acceptors (Lipinski definition) is 3. The first-order chi connectivity index (χ1) is 10.8. The van der Waals surface area contributed by atoms with Gasteiger partial charge in [-0.15, -0.1) is 0 Å². The summed E-state index contributed by atoms with van der Waals surface area (Å²) in [5.41, 5.74) is 3.74. The molecule has 1 fully saturated rings. The molecule has 1 saturated carbocycles. The number of oxime groups is 1. The van der Waals surface area contributed by atoms with Gasteiger partial charge in [-0.05, 0) is 48.9 Å². The predicted octanol–water partition coefficient (Wildman–Crippen LogP) is 4.83. The average molecular weight is 293 g/mol. The fourth-order valence-electron chi connectivity index (χ4n) is 2.64. The zero-order valence-electron chi connectivity index (χ0n) is 12.5. The topological polar surface area (TPSA) is 38.7 Å². The van der Waals surface area contributed by atoms with Gasteiger partial charge in [0.1, 0.15) is 0 Å². The molecular weight excluding hydrogens is 274 g/mol. The third-order valence-electron chi connectivity index (χ3n) is 3.92. The van der Waals surface area contributed by atoms with E-state index in [9.17, 15) is 4.79 Å². The van der Waals surface area contributed by atoms with E-state index >= 15 is 0 Å². The Morgan fingerprint density at radius 3 is 2.14 bits per heavy atom. The first kappa shape index (κ1) is 14.5. The van der Waals surface area contributed by atoms with Crippen molar-refractivity contribution in [3.8, 4) is 11.1 Å². The van der Waals surface area contributed by atoms with E-state index in [0.717, 1.165) is 42.5 Å². The van der Waals surface area contributed by atoms with Gasteiger partial charge in [0.05, 0.1) is 11.3 Å². The van der Waals surface area contributed by atoms with Crippen LogP contribution in [0.4, 0.5) is 0 Å². The zero-order valence-corrected chi connectivity index (χ0v) is 12.5. The van der Waals surface area contributed by atoms with E-state index in [1.165, 1.54) is 6.42 Å². The first-order valence-electron chi connectivity index (χ1n) is 7.75. The maximum Gasteiger partial charge on any atom is 0.365 e. The van der Waals surface area contributed by atoms with Crippen LogP contribution in [0.25, 0.3) is 11.1 Å². The van der Waals surface area contributed by atoms with Gasteiger partial charge in [0, 0.05) is 0 Å². The van der Waals surface area contributed by atoms with Crippen molar-refractivity contribution in [2.75, 3.05) is 0 Å². The van der Waals surface area contributed by atoms with Gasteiger partial charge in [0.25, 0.3) is 0 Å². The Labute approximate surface area is 130 Å². The fourth-order valence-corrected chi connectivity index (χ4v) is 2.64. The van der Waals surface area contributed by atoms with Gasteiger partial charge in [-0.1, -0.05) is 54.0 Å². The van der Waals surface area contributed by atoms with Crippen molar-refractivity contribution in [2.45, 2.75) is 32.1 Å². The molecule has 2 aromatic carbocycles. The minimum atomic E-state index is -0.391. The van der Waals surface area contributed by atoms with Gasteiger partial charge in [0.2, 0.25) is 0 Å². The van der Waals surface area contributed by atoms with Crippen LogP contribution in [-0.2, 0) is 4.84 Å². The summed E-state index contributed by atoms with van der Waals surface area (Å²) >= 11 is 0. The molecule has 3 nitrogen and oxygen atoms in total. The largest absolute Gasteiger partial charge is 0.365 e. The summed E-state index contributed by atoms with van der Waals surface area (Å²) in [5.74, 6) is -0.391. The van der Waals surface area contributed by atoms with Crippen LogP contribution in [0.2, 0.25) is 0 Å². The van der Waals surface area contributed by atoms with Crippen LogP contribution >= 0.6 is 0 Å². The second-order valence-electron chi connectivity index (χ2n) is 5.54. The lowest BCUT2D eigenvalue weighted by atomic mass is 9.99. The Kier molecular flexibility index (Phi) is 4.64. The van der Waals surface area contributed by atoms with Gasteiger partial charge in [0.15, 0.2) is 0 Å². The molecule has 0 spiro atoms. The molecule has 0 N–H and O–H groups in total. The van der Waals surface area contributed by atoms with Crippen molar-refractivity contribution in [2.24, 2.45) is 5.16 Å². The smallest absolute Gasteiger partial charge is 0.313 e. The summed E-state index contributed by atoms with van der Waals surface area (Å²) in [4.78, 5) is 17.1. The van der Waals surface area contributed by atoms with Crippen molar-refractivity contribution in [1.29, 1.82) is 0 Å². The van der Waals surface area contributed by atoms with Crippen molar-refractivity contribution in [3.05, 3.63) is 60.2 Å². The second-order valence-corrected chi connectivity index (χ2v) is 5.54. The van der Waals surface area contributed by atoms with E-state index < -0.39 is 5.97 Å². The lowest BCUT2D eigenvalue weighted by Gasteiger charge is -2.11. The van der Waals surface area contributed by atoms with Crippen LogP contribution in [0.5, 0.6) is 0 Å². The molecule has 3 heteroatoms. The molecule has 1 aliphatic carbocycles.